The van der Waals surface area contributed by atoms with Gasteiger partial charge in [-0.1, -0.05) is 12.1 Å². The molecule has 0 bridgehead atoms. The predicted octanol–water partition coefficient (Wildman–Crippen LogP) is 2.86. The molecule has 0 aliphatic heterocycles. The molecule has 0 amide bonds. The average Bonchev–Trinajstić information content (AvgIpc) is 2.30. The summed E-state index contributed by atoms with van der Waals surface area (Å²) >= 11 is 0. The van der Waals surface area contributed by atoms with E-state index in [1.54, 1.807) is 0 Å². The summed E-state index contributed by atoms with van der Waals surface area (Å²) < 4.78 is 0. The Kier molecular flexibility index (Phi) is 5.01. The zero-order valence-electron chi connectivity index (χ0n) is 10.9. The monoisotopic (exact) mass is 235 g/mol. The molecule has 17 heavy (non-hydrogen) atoms. The van der Waals surface area contributed by atoms with Crippen LogP contribution in [0.3, 0.4) is 0 Å². The zero-order chi connectivity index (χ0) is 12.8. The van der Waals surface area contributed by atoms with Gasteiger partial charge in [-0.05, 0) is 44.4 Å². The Morgan fingerprint density at radius 3 is 2.41 bits per heavy atom. The molecule has 0 radical (unpaired) electrons. The Labute approximate surface area is 103 Å². The third-order valence-corrected chi connectivity index (χ3v) is 2.99. The number of hydrogen-bond acceptors (Lipinski definition) is 2. The number of rotatable bonds is 6. The summed E-state index contributed by atoms with van der Waals surface area (Å²) in [6.07, 6.45) is 0.804. The highest BCUT2D eigenvalue weighted by Crippen LogP contribution is 2.21. The fourth-order valence-electron chi connectivity index (χ4n) is 2.04. The van der Waals surface area contributed by atoms with E-state index in [1.807, 2.05) is 6.07 Å². The molecule has 0 saturated carbocycles. The minimum atomic E-state index is -0.740. The predicted molar refractivity (Wildman–Crippen MR) is 70.7 cm³/mol. The Morgan fingerprint density at radius 2 is 1.94 bits per heavy atom. The van der Waals surface area contributed by atoms with Crippen LogP contribution in [0.25, 0.3) is 0 Å². The van der Waals surface area contributed by atoms with Gasteiger partial charge < -0.3 is 10.0 Å². The van der Waals surface area contributed by atoms with Crippen LogP contribution in [-0.2, 0) is 11.2 Å². The summed E-state index contributed by atoms with van der Waals surface area (Å²) in [6, 6.07) is 6.22. The number of carboxylic acid groups (broad SMARTS) is 1. The van der Waals surface area contributed by atoms with E-state index in [9.17, 15) is 4.79 Å². The first-order valence-corrected chi connectivity index (χ1v) is 6.14. The minimum Gasteiger partial charge on any atom is -0.481 e. The Morgan fingerprint density at radius 1 is 1.29 bits per heavy atom. The summed E-state index contributed by atoms with van der Waals surface area (Å²) in [4.78, 5) is 12.8. The molecule has 3 nitrogen and oxygen atoms in total. The maximum Gasteiger partial charge on any atom is 0.303 e. The summed E-state index contributed by atoms with van der Waals surface area (Å²) in [5, 5.41) is 8.65. The van der Waals surface area contributed by atoms with E-state index in [0.717, 1.165) is 18.7 Å². The van der Waals surface area contributed by atoms with E-state index in [0.29, 0.717) is 6.42 Å². The molecule has 1 N–H and O–H groups in total. The van der Waals surface area contributed by atoms with Gasteiger partial charge in [0.25, 0.3) is 0 Å². The molecule has 0 spiro atoms. The highest BCUT2D eigenvalue weighted by molar-refractivity contribution is 5.67. The first-order valence-electron chi connectivity index (χ1n) is 6.14. The average molecular weight is 235 g/mol. The summed E-state index contributed by atoms with van der Waals surface area (Å²) in [6.45, 7) is 8.35. The van der Waals surface area contributed by atoms with Crippen molar-refractivity contribution in [2.45, 2.75) is 33.6 Å². The van der Waals surface area contributed by atoms with Crippen molar-refractivity contribution in [1.29, 1.82) is 0 Å². The lowest BCUT2D eigenvalue weighted by molar-refractivity contribution is -0.136. The molecule has 0 aliphatic rings. The van der Waals surface area contributed by atoms with Crippen molar-refractivity contribution < 1.29 is 9.90 Å². The molecular weight excluding hydrogens is 214 g/mol. The first kappa shape index (κ1) is 13.6. The van der Waals surface area contributed by atoms with Gasteiger partial charge >= 0.3 is 5.97 Å². The summed E-state index contributed by atoms with van der Waals surface area (Å²) in [5.74, 6) is -0.740. The van der Waals surface area contributed by atoms with Crippen molar-refractivity contribution in [2.24, 2.45) is 0 Å². The van der Waals surface area contributed by atoms with Gasteiger partial charge in [0.1, 0.15) is 0 Å². The van der Waals surface area contributed by atoms with Crippen LogP contribution < -0.4 is 4.90 Å². The SMILES string of the molecule is CCN(CC)c1ccc(CCC(=O)O)cc1C. The molecule has 0 fully saturated rings. The summed E-state index contributed by atoms with van der Waals surface area (Å²) in [7, 11) is 0. The van der Waals surface area contributed by atoms with Crippen molar-refractivity contribution >= 4 is 11.7 Å². The van der Waals surface area contributed by atoms with E-state index >= 15 is 0 Å². The van der Waals surface area contributed by atoms with E-state index in [4.69, 9.17) is 5.11 Å². The van der Waals surface area contributed by atoms with Crippen LogP contribution >= 0.6 is 0 Å². The van der Waals surface area contributed by atoms with Gasteiger partial charge in [0, 0.05) is 25.2 Å². The second-order valence-electron chi connectivity index (χ2n) is 4.19. The maximum atomic E-state index is 10.5. The Balaban J connectivity index is 2.82. The largest absolute Gasteiger partial charge is 0.481 e. The standard InChI is InChI=1S/C14H21NO2/c1-4-15(5-2)13-8-6-12(10-11(13)3)7-9-14(16)17/h6,8,10H,4-5,7,9H2,1-3H3,(H,16,17). The van der Waals surface area contributed by atoms with E-state index in [2.05, 4.69) is 37.8 Å². The molecule has 0 heterocycles. The number of hydrogen-bond donors (Lipinski definition) is 1. The third kappa shape index (κ3) is 3.77. The van der Waals surface area contributed by atoms with Crippen LogP contribution in [0.5, 0.6) is 0 Å². The van der Waals surface area contributed by atoms with Gasteiger partial charge in [-0.25, -0.2) is 0 Å². The number of anilines is 1. The normalized spacial score (nSPS) is 10.3. The highest BCUT2D eigenvalue weighted by Gasteiger charge is 2.06. The van der Waals surface area contributed by atoms with Crippen molar-refractivity contribution in [3.8, 4) is 0 Å². The van der Waals surface area contributed by atoms with Crippen LogP contribution in [0.4, 0.5) is 5.69 Å². The lowest BCUT2D eigenvalue weighted by atomic mass is 10.0. The molecule has 0 unspecified atom stereocenters. The van der Waals surface area contributed by atoms with Crippen molar-refractivity contribution in [2.75, 3.05) is 18.0 Å². The Bertz CT molecular complexity index is 384. The molecule has 94 valence electrons. The zero-order valence-corrected chi connectivity index (χ0v) is 10.9. The molecular formula is C14H21NO2. The smallest absolute Gasteiger partial charge is 0.303 e. The molecule has 0 aliphatic carbocycles. The second-order valence-corrected chi connectivity index (χ2v) is 4.19. The number of benzene rings is 1. The fraction of sp³-hybridized carbons (Fsp3) is 0.500. The molecule has 0 saturated heterocycles. The van der Waals surface area contributed by atoms with Gasteiger partial charge in [0.2, 0.25) is 0 Å². The van der Waals surface area contributed by atoms with Crippen molar-refractivity contribution in [3.05, 3.63) is 29.3 Å². The fourth-order valence-corrected chi connectivity index (χ4v) is 2.04. The van der Waals surface area contributed by atoms with Crippen LogP contribution in [0.1, 0.15) is 31.4 Å². The van der Waals surface area contributed by atoms with Gasteiger partial charge in [-0.2, -0.15) is 0 Å². The lowest BCUT2D eigenvalue weighted by Crippen LogP contribution is -2.22. The number of nitrogens with zero attached hydrogens (tertiary/aromatic N) is 1. The Hall–Kier alpha value is -1.51. The van der Waals surface area contributed by atoms with Crippen LogP contribution in [0.15, 0.2) is 18.2 Å². The molecule has 1 aromatic carbocycles. The summed E-state index contributed by atoms with van der Waals surface area (Å²) in [5.41, 5.74) is 3.56. The molecule has 3 heteroatoms. The molecule has 0 atom stereocenters. The van der Waals surface area contributed by atoms with Gasteiger partial charge in [0.05, 0.1) is 0 Å². The van der Waals surface area contributed by atoms with Crippen LogP contribution in [0, 0.1) is 6.92 Å². The maximum absolute atomic E-state index is 10.5. The number of carbonyl (C=O) groups is 1. The minimum absolute atomic E-state index is 0.198. The molecule has 1 rings (SSSR count). The molecule has 0 aromatic heterocycles. The van der Waals surface area contributed by atoms with Gasteiger partial charge in [-0.3, -0.25) is 4.79 Å². The van der Waals surface area contributed by atoms with Crippen molar-refractivity contribution in [1.82, 2.24) is 0 Å². The van der Waals surface area contributed by atoms with E-state index < -0.39 is 5.97 Å². The number of carboxylic acids is 1. The topological polar surface area (TPSA) is 40.5 Å². The van der Waals surface area contributed by atoms with Gasteiger partial charge in [-0.15, -0.1) is 0 Å². The highest BCUT2D eigenvalue weighted by atomic mass is 16.4. The van der Waals surface area contributed by atoms with Crippen LogP contribution in [-0.4, -0.2) is 24.2 Å². The van der Waals surface area contributed by atoms with Crippen LogP contribution in [0.2, 0.25) is 0 Å². The third-order valence-electron chi connectivity index (χ3n) is 2.99. The quantitative estimate of drug-likeness (QED) is 0.824. The lowest BCUT2D eigenvalue weighted by Gasteiger charge is -2.23. The number of aliphatic carboxylic acids is 1. The first-order chi connectivity index (χ1) is 8.08. The number of aryl methyl sites for hydroxylation is 2. The van der Waals surface area contributed by atoms with E-state index in [-0.39, 0.29) is 6.42 Å². The van der Waals surface area contributed by atoms with Crippen molar-refractivity contribution in [3.63, 3.8) is 0 Å². The van der Waals surface area contributed by atoms with E-state index in [1.165, 1.54) is 11.3 Å². The second kappa shape index (κ2) is 6.28. The van der Waals surface area contributed by atoms with Gasteiger partial charge in [0.15, 0.2) is 0 Å². The molecule has 1 aromatic rings.